The molecular weight excluding hydrogens is 365 g/mol. The molecule has 2 aromatic rings. The summed E-state index contributed by atoms with van der Waals surface area (Å²) in [6, 6.07) is 1.26. The molecule has 2 aromatic heterocycles. The first-order chi connectivity index (χ1) is 11.8. The molecule has 1 aliphatic rings. The van der Waals surface area contributed by atoms with E-state index in [1.54, 1.807) is 0 Å². The average molecular weight is 377 g/mol. The van der Waals surface area contributed by atoms with Crippen molar-refractivity contribution >= 4 is 17.5 Å². The van der Waals surface area contributed by atoms with E-state index in [0.717, 1.165) is 6.20 Å². The number of nitrogens with zero attached hydrogens (tertiary/aromatic N) is 4. The molecular formula is C14H12ClF3N4O3. The van der Waals surface area contributed by atoms with Crippen LogP contribution >= 0.6 is 11.6 Å². The number of alkyl halides is 3. The summed E-state index contributed by atoms with van der Waals surface area (Å²) in [5.74, 6) is -2.45. The average Bonchev–Trinajstić information content (AvgIpc) is 3.07. The second-order valence-electron chi connectivity index (χ2n) is 5.55. The highest BCUT2D eigenvalue weighted by molar-refractivity contribution is 6.29. The second-order valence-corrected chi connectivity index (χ2v) is 5.93. The van der Waals surface area contributed by atoms with E-state index < -0.39 is 18.0 Å². The fourth-order valence-corrected chi connectivity index (χ4v) is 2.78. The molecule has 25 heavy (non-hydrogen) atoms. The van der Waals surface area contributed by atoms with E-state index >= 15 is 0 Å². The number of aromatic nitrogens is 3. The van der Waals surface area contributed by atoms with Crippen molar-refractivity contribution in [3.63, 3.8) is 0 Å². The van der Waals surface area contributed by atoms with Crippen LogP contribution in [0.2, 0.25) is 5.15 Å². The molecule has 1 aliphatic heterocycles. The molecule has 134 valence electrons. The van der Waals surface area contributed by atoms with Crippen molar-refractivity contribution in [1.29, 1.82) is 0 Å². The first kappa shape index (κ1) is 17.5. The van der Waals surface area contributed by atoms with Crippen LogP contribution in [0.4, 0.5) is 13.2 Å². The van der Waals surface area contributed by atoms with E-state index in [1.807, 2.05) is 0 Å². The van der Waals surface area contributed by atoms with Gasteiger partial charge in [0.25, 0.3) is 5.91 Å². The molecule has 0 radical (unpaired) electrons. The molecule has 0 saturated carbocycles. The van der Waals surface area contributed by atoms with Gasteiger partial charge in [0.1, 0.15) is 10.9 Å². The first-order valence-corrected chi connectivity index (χ1v) is 7.68. The third-order valence-corrected chi connectivity index (χ3v) is 4.12. The molecule has 1 N–H and O–H groups in total. The van der Waals surface area contributed by atoms with Gasteiger partial charge in [-0.3, -0.25) is 4.79 Å². The van der Waals surface area contributed by atoms with Crippen LogP contribution in [0.25, 0.3) is 0 Å². The number of carbonyl (C=O) groups is 1. The highest BCUT2D eigenvalue weighted by atomic mass is 35.5. The Morgan fingerprint density at radius 1 is 1.36 bits per heavy atom. The monoisotopic (exact) mass is 376 g/mol. The van der Waals surface area contributed by atoms with Gasteiger partial charge in [-0.15, -0.1) is 0 Å². The summed E-state index contributed by atoms with van der Waals surface area (Å²) >= 11 is 5.73. The Hall–Kier alpha value is -2.36. The molecule has 1 amide bonds. The van der Waals surface area contributed by atoms with E-state index in [9.17, 15) is 23.1 Å². The Balaban J connectivity index is 1.66. The Kier molecular flexibility index (Phi) is 4.55. The standard InChI is InChI=1S/C14H12ClF3N4O3/c15-10-5-8(9(23)6-19-10)12(24)22-3-1-7(2-4-22)11-20-13(25-21-11)14(16,17)18/h5-7,23H,1-4H2. The highest BCUT2D eigenvalue weighted by Crippen LogP contribution is 2.32. The van der Waals surface area contributed by atoms with Gasteiger partial charge in [-0.2, -0.15) is 18.2 Å². The number of hydrogen-bond donors (Lipinski definition) is 1. The van der Waals surface area contributed by atoms with Crippen LogP contribution in [0, 0.1) is 0 Å². The van der Waals surface area contributed by atoms with Crippen molar-refractivity contribution in [2.45, 2.75) is 24.9 Å². The van der Waals surface area contributed by atoms with Gasteiger partial charge in [-0.1, -0.05) is 16.8 Å². The minimum atomic E-state index is -4.68. The molecule has 1 saturated heterocycles. The van der Waals surface area contributed by atoms with Crippen LogP contribution in [-0.4, -0.2) is 44.1 Å². The van der Waals surface area contributed by atoms with E-state index in [4.69, 9.17) is 11.6 Å². The van der Waals surface area contributed by atoms with Crippen LogP contribution in [-0.2, 0) is 6.18 Å². The fourth-order valence-electron chi connectivity index (χ4n) is 2.62. The normalized spacial score (nSPS) is 16.2. The van der Waals surface area contributed by atoms with Crippen molar-refractivity contribution < 1.29 is 27.6 Å². The minimum Gasteiger partial charge on any atom is -0.505 e. The van der Waals surface area contributed by atoms with Crippen LogP contribution in [0.3, 0.4) is 0 Å². The number of aromatic hydroxyl groups is 1. The first-order valence-electron chi connectivity index (χ1n) is 7.30. The van der Waals surface area contributed by atoms with Crippen molar-refractivity contribution in [2.75, 3.05) is 13.1 Å². The van der Waals surface area contributed by atoms with Gasteiger partial charge < -0.3 is 14.5 Å². The Labute approximate surface area is 144 Å². The van der Waals surface area contributed by atoms with Crippen molar-refractivity contribution in [3.05, 3.63) is 34.7 Å². The SMILES string of the molecule is O=C(c1cc(Cl)ncc1O)N1CCC(c2noc(C(F)(F)F)n2)CC1. The summed E-state index contributed by atoms with van der Waals surface area (Å²) in [4.78, 5) is 21.0. The van der Waals surface area contributed by atoms with Gasteiger partial charge in [0.05, 0.1) is 11.8 Å². The predicted octanol–water partition coefficient (Wildman–Crippen LogP) is 2.86. The topological polar surface area (TPSA) is 92.3 Å². The molecule has 11 heteroatoms. The van der Waals surface area contributed by atoms with Gasteiger partial charge in [0.15, 0.2) is 5.82 Å². The number of halogens is 4. The largest absolute Gasteiger partial charge is 0.505 e. The summed E-state index contributed by atoms with van der Waals surface area (Å²) in [5, 5.41) is 13.2. The Morgan fingerprint density at radius 2 is 2.04 bits per heavy atom. The van der Waals surface area contributed by atoms with Crippen LogP contribution in [0.1, 0.15) is 40.8 Å². The smallest absolute Gasteiger partial charge is 0.471 e. The lowest BCUT2D eigenvalue weighted by atomic mass is 9.95. The highest BCUT2D eigenvalue weighted by Gasteiger charge is 2.39. The number of hydrogen-bond acceptors (Lipinski definition) is 6. The molecule has 7 nitrogen and oxygen atoms in total. The van der Waals surface area contributed by atoms with Gasteiger partial charge in [-0.05, 0) is 18.9 Å². The summed E-state index contributed by atoms with van der Waals surface area (Å²) in [5.41, 5.74) is 0.0253. The molecule has 0 bridgehead atoms. The second kappa shape index (κ2) is 6.51. The van der Waals surface area contributed by atoms with Gasteiger partial charge in [-0.25, -0.2) is 4.98 Å². The lowest BCUT2D eigenvalue weighted by Crippen LogP contribution is -2.38. The maximum atomic E-state index is 12.5. The van der Waals surface area contributed by atoms with Crippen LogP contribution < -0.4 is 0 Å². The fraction of sp³-hybridized carbons (Fsp3) is 0.429. The van der Waals surface area contributed by atoms with Crippen LogP contribution in [0.15, 0.2) is 16.8 Å². The number of amides is 1. The van der Waals surface area contributed by atoms with Gasteiger partial charge in [0.2, 0.25) is 0 Å². The minimum absolute atomic E-state index is 0.0192. The number of piperidine rings is 1. The van der Waals surface area contributed by atoms with Gasteiger partial charge in [0, 0.05) is 19.0 Å². The summed E-state index contributed by atoms with van der Waals surface area (Å²) in [7, 11) is 0. The quantitative estimate of drug-likeness (QED) is 0.810. The molecule has 0 aromatic carbocycles. The zero-order chi connectivity index (χ0) is 18.2. The molecule has 1 fully saturated rings. The van der Waals surface area contributed by atoms with E-state index in [1.165, 1.54) is 11.0 Å². The lowest BCUT2D eigenvalue weighted by Gasteiger charge is -2.30. The summed E-state index contributed by atoms with van der Waals surface area (Å²) in [6.45, 7) is 0.553. The molecule has 0 unspecified atom stereocenters. The predicted molar refractivity (Wildman–Crippen MR) is 78.1 cm³/mol. The van der Waals surface area contributed by atoms with Crippen molar-refractivity contribution in [3.8, 4) is 5.75 Å². The van der Waals surface area contributed by atoms with E-state index in [-0.39, 0.29) is 41.3 Å². The van der Waals surface area contributed by atoms with Crippen molar-refractivity contribution in [2.24, 2.45) is 0 Å². The third-order valence-electron chi connectivity index (χ3n) is 3.91. The number of carbonyl (C=O) groups excluding carboxylic acids is 1. The molecule has 0 aliphatic carbocycles. The molecule has 3 heterocycles. The van der Waals surface area contributed by atoms with E-state index in [2.05, 4.69) is 19.6 Å². The number of likely N-dealkylation sites (tertiary alicyclic amines) is 1. The Morgan fingerprint density at radius 3 is 2.64 bits per heavy atom. The zero-order valence-electron chi connectivity index (χ0n) is 12.6. The molecule has 0 spiro atoms. The maximum Gasteiger partial charge on any atom is 0.471 e. The summed E-state index contributed by atoms with van der Waals surface area (Å²) < 4.78 is 41.8. The Bertz CT molecular complexity index is 788. The lowest BCUT2D eigenvalue weighted by molar-refractivity contribution is -0.159. The number of pyridine rings is 1. The van der Waals surface area contributed by atoms with Crippen LogP contribution in [0.5, 0.6) is 5.75 Å². The molecule has 0 atom stereocenters. The summed E-state index contributed by atoms with van der Waals surface area (Å²) in [6.07, 6.45) is -2.84. The number of rotatable bonds is 2. The van der Waals surface area contributed by atoms with E-state index in [0.29, 0.717) is 12.8 Å². The zero-order valence-corrected chi connectivity index (χ0v) is 13.4. The van der Waals surface area contributed by atoms with Gasteiger partial charge >= 0.3 is 12.1 Å². The third kappa shape index (κ3) is 3.68. The molecule has 3 rings (SSSR count). The van der Waals surface area contributed by atoms with Crippen molar-refractivity contribution in [1.82, 2.24) is 20.0 Å². The maximum absolute atomic E-state index is 12.5.